The van der Waals surface area contributed by atoms with Gasteiger partial charge in [0.2, 0.25) is 5.76 Å². The van der Waals surface area contributed by atoms with Gasteiger partial charge in [-0.05, 0) is 48.7 Å². The van der Waals surface area contributed by atoms with Crippen LogP contribution in [0, 0.1) is 0 Å². The number of halogens is 1. The van der Waals surface area contributed by atoms with Gasteiger partial charge in [0, 0.05) is 31.2 Å². The van der Waals surface area contributed by atoms with Crippen molar-refractivity contribution >= 4 is 28.5 Å². The van der Waals surface area contributed by atoms with Crippen LogP contribution in [0.3, 0.4) is 0 Å². The van der Waals surface area contributed by atoms with Crippen LogP contribution in [-0.2, 0) is 4.74 Å². The molecule has 35 heavy (non-hydrogen) atoms. The summed E-state index contributed by atoms with van der Waals surface area (Å²) in [4.78, 5) is 31.3. The Morgan fingerprint density at radius 3 is 2.57 bits per heavy atom. The maximum absolute atomic E-state index is 13.6. The number of morpholine rings is 1. The molecule has 1 aromatic heterocycles. The molecule has 0 N–H and O–H groups in total. The molecule has 8 heteroatoms. The van der Waals surface area contributed by atoms with E-state index in [4.69, 9.17) is 25.5 Å². The van der Waals surface area contributed by atoms with Gasteiger partial charge in [0.25, 0.3) is 5.91 Å². The molecular weight excluding hydrogens is 468 g/mol. The zero-order valence-electron chi connectivity index (χ0n) is 19.8. The standard InChI is InChI=1S/C27H29ClN2O5/c1-2-14-34-20-7-4-18(5-8-20)24-23-25(31)21-17-19(28)6-9-22(21)35-26(23)27(32)30(24)11-3-10-29-12-15-33-16-13-29/h4-9,17,24H,2-3,10-16H2,1H3. The minimum atomic E-state index is -0.526. The molecule has 7 nitrogen and oxygen atoms in total. The topological polar surface area (TPSA) is 72.2 Å². The van der Waals surface area contributed by atoms with Crippen molar-refractivity contribution < 1.29 is 18.7 Å². The van der Waals surface area contributed by atoms with Gasteiger partial charge in [0.1, 0.15) is 11.3 Å². The monoisotopic (exact) mass is 496 g/mol. The predicted octanol–water partition coefficient (Wildman–Crippen LogP) is 4.50. The quantitative estimate of drug-likeness (QED) is 0.457. The summed E-state index contributed by atoms with van der Waals surface area (Å²) in [6.45, 7) is 7.31. The third kappa shape index (κ3) is 4.81. The molecular formula is C27H29ClN2O5. The zero-order chi connectivity index (χ0) is 24.4. The normalized spacial score (nSPS) is 18.3. The van der Waals surface area contributed by atoms with Crippen LogP contribution in [0.4, 0.5) is 0 Å². The Labute approximate surface area is 209 Å². The summed E-state index contributed by atoms with van der Waals surface area (Å²) >= 11 is 6.17. The van der Waals surface area contributed by atoms with Crippen LogP contribution in [0.1, 0.15) is 47.5 Å². The third-order valence-corrected chi connectivity index (χ3v) is 6.81. The summed E-state index contributed by atoms with van der Waals surface area (Å²) in [5, 5.41) is 0.831. The van der Waals surface area contributed by atoms with Crippen LogP contribution in [-0.4, -0.2) is 61.7 Å². The van der Waals surface area contributed by atoms with Crippen molar-refractivity contribution in [3.8, 4) is 5.75 Å². The lowest BCUT2D eigenvalue weighted by molar-refractivity contribution is 0.0353. The Bertz CT molecular complexity index is 1270. The first-order valence-corrected chi connectivity index (χ1v) is 12.5. The first-order valence-electron chi connectivity index (χ1n) is 12.2. The smallest absolute Gasteiger partial charge is 0.290 e. The van der Waals surface area contributed by atoms with Crippen LogP contribution in [0.5, 0.6) is 5.75 Å². The molecule has 184 valence electrons. The van der Waals surface area contributed by atoms with E-state index < -0.39 is 6.04 Å². The molecule has 3 heterocycles. The number of hydrogen-bond donors (Lipinski definition) is 0. The van der Waals surface area contributed by atoms with Gasteiger partial charge in [0.05, 0.1) is 36.8 Å². The van der Waals surface area contributed by atoms with Crippen molar-refractivity contribution in [3.63, 3.8) is 0 Å². The van der Waals surface area contributed by atoms with E-state index in [1.165, 1.54) is 0 Å². The summed E-state index contributed by atoms with van der Waals surface area (Å²) in [6, 6.07) is 12.0. The van der Waals surface area contributed by atoms with Crippen LogP contribution in [0.15, 0.2) is 51.7 Å². The maximum Gasteiger partial charge on any atom is 0.290 e. The Balaban J connectivity index is 1.50. The molecule has 2 aliphatic heterocycles. The molecule has 0 radical (unpaired) electrons. The van der Waals surface area contributed by atoms with Crippen LogP contribution < -0.4 is 10.2 Å². The second-order valence-electron chi connectivity index (χ2n) is 8.94. The average Bonchev–Trinajstić information content (AvgIpc) is 3.16. The van der Waals surface area contributed by atoms with Crippen molar-refractivity contribution in [3.05, 3.63) is 74.6 Å². The highest BCUT2D eigenvalue weighted by Gasteiger charge is 2.42. The summed E-state index contributed by atoms with van der Waals surface area (Å²) in [7, 11) is 0. The maximum atomic E-state index is 13.6. The Kier molecular flexibility index (Phi) is 7.09. The fourth-order valence-electron chi connectivity index (χ4n) is 4.83. The van der Waals surface area contributed by atoms with E-state index in [0.29, 0.717) is 34.7 Å². The minimum absolute atomic E-state index is 0.118. The highest BCUT2D eigenvalue weighted by Crippen LogP contribution is 2.39. The first-order chi connectivity index (χ1) is 17.1. The number of fused-ring (bicyclic) bond motifs is 2. The predicted molar refractivity (Wildman–Crippen MR) is 134 cm³/mol. The van der Waals surface area contributed by atoms with Crippen molar-refractivity contribution in [2.75, 3.05) is 46.0 Å². The van der Waals surface area contributed by atoms with Gasteiger partial charge in [0.15, 0.2) is 5.43 Å². The van der Waals surface area contributed by atoms with Crippen molar-refractivity contribution in [1.82, 2.24) is 9.80 Å². The molecule has 0 aliphatic carbocycles. The van der Waals surface area contributed by atoms with Gasteiger partial charge in [-0.15, -0.1) is 0 Å². The van der Waals surface area contributed by atoms with E-state index >= 15 is 0 Å². The van der Waals surface area contributed by atoms with Crippen molar-refractivity contribution in [1.29, 1.82) is 0 Å². The van der Waals surface area contributed by atoms with Gasteiger partial charge in [-0.2, -0.15) is 0 Å². The molecule has 0 bridgehead atoms. The number of amides is 1. The molecule has 2 aliphatic rings. The summed E-state index contributed by atoms with van der Waals surface area (Å²) in [5.74, 6) is 0.621. The van der Waals surface area contributed by atoms with Crippen molar-refractivity contribution in [2.45, 2.75) is 25.8 Å². The van der Waals surface area contributed by atoms with E-state index in [1.54, 1.807) is 23.1 Å². The fraction of sp³-hybridized carbons (Fsp3) is 0.407. The van der Waals surface area contributed by atoms with Gasteiger partial charge >= 0.3 is 0 Å². The van der Waals surface area contributed by atoms with E-state index in [9.17, 15) is 9.59 Å². The van der Waals surface area contributed by atoms with E-state index in [0.717, 1.165) is 57.0 Å². The number of rotatable bonds is 8. The van der Waals surface area contributed by atoms with Gasteiger partial charge in [-0.25, -0.2) is 0 Å². The summed E-state index contributed by atoms with van der Waals surface area (Å²) in [5.41, 5.74) is 1.37. The number of carbonyl (C=O) groups is 1. The molecule has 5 rings (SSSR count). The lowest BCUT2D eigenvalue weighted by atomic mass is 9.98. The molecule has 1 atom stereocenters. The fourth-order valence-corrected chi connectivity index (χ4v) is 5.00. The summed E-state index contributed by atoms with van der Waals surface area (Å²) < 4.78 is 17.2. The second-order valence-corrected chi connectivity index (χ2v) is 9.38. The van der Waals surface area contributed by atoms with Crippen molar-refractivity contribution in [2.24, 2.45) is 0 Å². The summed E-state index contributed by atoms with van der Waals surface area (Å²) in [6.07, 6.45) is 1.70. The highest BCUT2D eigenvalue weighted by molar-refractivity contribution is 6.31. The van der Waals surface area contributed by atoms with Gasteiger partial charge in [-0.1, -0.05) is 30.7 Å². The zero-order valence-corrected chi connectivity index (χ0v) is 20.6. The molecule has 1 saturated heterocycles. The lowest BCUT2D eigenvalue weighted by Gasteiger charge is -2.29. The Morgan fingerprint density at radius 1 is 1.06 bits per heavy atom. The largest absolute Gasteiger partial charge is 0.494 e. The number of nitrogens with zero attached hydrogens (tertiary/aromatic N) is 2. The Morgan fingerprint density at radius 2 is 1.83 bits per heavy atom. The average molecular weight is 497 g/mol. The molecule has 0 saturated carbocycles. The molecule has 1 fully saturated rings. The highest BCUT2D eigenvalue weighted by atomic mass is 35.5. The Hall–Kier alpha value is -2.87. The number of carbonyl (C=O) groups excluding carboxylic acids is 1. The van der Waals surface area contributed by atoms with Gasteiger partial charge < -0.3 is 18.8 Å². The number of benzene rings is 2. The van der Waals surface area contributed by atoms with E-state index in [1.807, 2.05) is 24.3 Å². The van der Waals surface area contributed by atoms with Gasteiger partial charge in [-0.3, -0.25) is 14.5 Å². The van der Waals surface area contributed by atoms with Crippen LogP contribution in [0.25, 0.3) is 11.0 Å². The molecule has 0 spiro atoms. The molecule has 2 aromatic carbocycles. The number of hydrogen-bond acceptors (Lipinski definition) is 6. The number of ether oxygens (including phenoxy) is 2. The lowest BCUT2D eigenvalue weighted by Crippen LogP contribution is -2.38. The third-order valence-electron chi connectivity index (χ3n) is 6.57. The molecule has 1 unspecified atom stereocenters. The van der Waals surface area contributed by atoms with Crippen LogP contribution >= 0.6 is 11.6 Å². The molecule has 1 amide bonds. The molecule has 3 aromatic rings. The van der Waals surface area contributed by atoms with E-state index in [-0.39, 0.29) is 17.1 Å². The minimum Gasteiger partial charge on any atom is -0.494 e. The van der Waals surface area contributed by atoms with Crippen LogP contribution in [0.2, 0.25) is 5.02 Å². The first kappa shape index (κ1) is 23.9. The second kappa shape index (κ2) is 10.4. The SMILES string of the molecule is CCCOc1ccc(C2c3c(oc4ccc(Cl)cc4c3=O)C(=O)N2CCCN2CCOCC2)cc1. The van der Waals surface area contributed by atoms with E-state index in [2.05, 4.69) is 11.8 Å².